The van der Waals surface area contributed by atoms with E-state index < -0.39 is 0 Å². The summed E-state index contributed by atoms with van der Waals surface area (Å²) in [6.07, 6.45) is 0.478. The second-order valence-electron chi connectivity index (χ2n) is 6.89. The van der Waals surface area contributed by atoms with Gasteiger partial charge in [-0.3, -0.25) is 9.69 Å². The predicted molar refractivity (Wildman–Crippen MR) is 105 cm³/mol. The maximum atomic E-state index is 12.5. The van der Waals surface area contributed by atoms with Gasteiger partial charge in [-0.05, 0) is 17.7 Å². The normalized spacial score (nSPS) is 15.2. The van der Waals surface area contributed by atoms with Crippen LogP contribution in [-0.4, -0.2) is 59.0 Å². The van der Waals surface area contributed by atoms with E-state index in [1.165, 1.54) is 0 Å². The van der Waals surface area contributed by atoms with Crippen molar-refractivity contribution in [3.05, 3.63) is 59.9 Å². The molecule has 2 aromatic carbocycles. The molecule has 0 atom stereocenters. The molecule has 0 saturated carbocycles. The van der Waals surface area contributed by atoms with Crippen molar-refractivity contribution in [1.82, 2.24) is 19.8 Å². The van der Waals surface area contributed by atoms with Gasteiger partial charge in [-0.25, -0.2) is 4.98 Å². The fourth-order valence-corrected chi connectivity index (χ4v) is 3.49. The van der Waals surface area contributed by atoms with Crippen LogP contribution in [-0.2, 0) is 17.8 Å². The molecule has 0 spiro atoms. The molecule has 1 N–H and O–H groups in total. The molecule has 3 aromatic rings. The predicted octanol–water partition coefficient (Wildman–Crippen LogP) is 2.46. The Balaban J connectivity index is 1.32. The molecule has 140 valence electrons. The molecule has 27 heavy (non-hydrogen) atoms. The first-order valence-corrected chi connectivity index (χ1v) is 9.28. The van der Waals surface area contributed by atoms with Gasteiger partial charge in [-0.2, -0.15) is 0 Å². The first kappa shape index (κ1) is 17.5. The molecule has 1 aromatic heterocycles. The van der Waals surface area contributed by atoms with Crippen LogP contribution in [0.25, 0.3) is 11.0 Å². The fraction of sp³-hybridized carbons (Fsp3) is 0.333. The fourth-order valence-electron chi connectivity index (χ4n) is 3.49. The monoisotopic (exact) mass is 364 g/mol. The Hall–Kier alpha value is -2.86. The number of piperazine rings is 1. The number of H-pyrrole nitrogens is 1. The van der Waals surface area contributed by atoms with Gasteiger partial charge in [0.2, 0.25) is 5.91 Å². The van der Waals surface area contributed by atoms with E-state index in [0.717, 1.165) is 60.9 Å². The number of hydrogen-bond donors (Lipinski definition) is 1. The van der Waals surface area contributed by atoms with Gasteiger partial charge in [0.15, 0.2) is 0 Å². The quantitative estimate of drug-likeness (QED) is 0.755. The molecule has 0 aliphatic carbocycles. The Morgan fingerprint density at radius 1 is 1.11 bits per heavy atom. The minimum absolute atomic E-state index is 0.205. The average Bonchev–Trinajstić information content (AvgIpc) is 3.10. The van der Waals surface area contributed by atoms with Crippen molar-refractivity contribution in [2.45, 2.75) is 13.0 Å². The summed E-state index contributed by atoms with van der Waals surface area (Å²) in [4.78, 5) is 24.8. The van der Waals surface area contributed by atoms with E-state index in [4.69, 9.17) is 4.74 Å². The van der Waals surface area contributed by atoms with E-state index >= 15 is 0 Å². The highest BCUT2D eigenvalue weighted by Gasteiger charge is 2.21. The van der Waals surface area contributed by atoms with Gasteiger partial charge in [-0.15, -0.1) is 0 Å². The molecule has 4 rings (SSSR count). The first-order chi connectivity index (χ1) is 13.2. The molecule has 1 amide bonds. The Labute approximate surface area is 158 Å². The van der Waals surface area contributed by atoms with Crippen molar-refractivity contribution < 1.29 is 9.53 Å². The third-order valence-electron chi connectivity index (χ3n) is 5.03. The second kappa shape index (κ2) is 7.80. The van der Waals surface area contributed by atoms with Crippen molar-refractivity contribution in [3.8, 4) is 5.75 Å². The summed E-state index contributed by atoms with van der Waals surface area (Å²) in [6.45, 7) is 4.01. The van der Waals surface area contributed by atoms with Crippen molar-refractivity contribution in [3.63, 3.8) is 0 Å². The van der Waals surface area contributed by atoms with Gasteiger partial charge in [-0.1, -0.05) is 30.3 Å². The summed E-state index contributed by atoms with van der Waals surface area (Å²) < 4.78 is 5.26. The van der Waals surface area contributed by atoms with E-state index in [1.54, 1.807) is 7.11 Å². The molecule has 0 radical (unpaired) electrons. The van der Waals surface area contributed by atoms with Gasteiger partial charge in [0.25, 0.3) is 0 Å². The van der Waals surface area contributed by atoms with Crippen LogP contribution in [0.4, 0.5) is 0 Å². The zero-order valence-electron chi connectivity index (χ0n) is 15.5. The molecule has 6 heteroatoms. The highest BCUT2D eigenvalue weighted by Crippen LogP contribution is 2.19. The summed E-state index contributed by atoms with van der Waals surface area (Å²) in [7, 11) is 1.66. The van der Waals surface area contributed by atoms with Crippen molar-refractivity contribution >= 4 is 16.9 Å². The number of nitrogens with zero attached hydrogens (tertiary/aromatic N) is 3. The van der Waals surface area contributed by atoms with Gasteiger partial charge in [0, 0.05) is 32.2 Å². The Morgan fingerprint density at radius 3 is 2.63 bits per heavy atom. The molecule has 2 heterocycles. The van der Waals surface area contributed by atoms with Crippen molar-refractivity contribution in [1.29, 1.82) is 0 Å². The number of nitrogens with one attached hydrogen (secondary N) is 1. The average molecular weight is 364 g/mol. The minimum Gasteiger partial charge on any atom is -0.497 e. The number of carbonyl (C=O) groups excluding carboxylic acids is 1. The number of rotatable bonds is 5. The zero-order chi connectivity index (χ0) is 18.6. The molecule has 1 saturated heterocycles. The van der Waals surface area contributed by atoms with Crippen LogP contribution in [0.5, 0.6) is 5.75 Å². The maximum absolute atomic E-state index is 12.5. The summed E-state index contributed by atoms with van der Waals surface area (Å²) in [6, 6.07) is 15.8. The molecule has 1 aliphatic heterocycles. The number of carbonyl (C=O) groups is 1. The van der Waals surface area contributed by atoms with Gasteiger partial charge in [0.1, 0.15) is 11.6 Å². The van der Waals surface area contributed by atoms with Crippen LogP contribution in [0.3, 0.4) is 0 Å². The summed E-state index contributed by atoms with van der Waals surface area (Å²) in [5.41, 5.74) is 3.01. The summed E-state index contributed by atoms with van der Waals surface area (Å²) in [5, 5.41) is 0. The van der Waals surface area contributed by atoms with Crippen LogP contribution < -0.4 is 4.74 Å². The smallest absolute Gasteiger partial charge is 0.227 e. The highest BCUT2D eigenvalue weighted by molar-refractivity contribution is 5.79. The Bertz CT molecular complexity index is 914. The lowest BCUT2D eigenvalue weighted by Gasteiger charge is -2.34. The lowest BCUT2D eigenvalue weighted by Crippen LogP contribution is -2.48. The number of imidazole rings is 1. The molecular formula is C21H24N4O2. The lowest BCUT2D eigenvalue weighted by molar-refractivity contribution is -0.132. The SMILES string of the molecule is COc1ccc2nc(CN3CCN(C(=O)Cc4ccccc4)CC3)[nH]c2c1. The van der Waals surface area contributed by atoms with Gasteiger partial charge in [0.05, 0.1) is 31.1 Å². The molecular weight excluding hydrogens is 340 g/mol. The lowest BCUT2D eigenvalue weighted by atomic mass is 10.1. The number of ether oxygens (including phenoxy) is 1. The zero-order valence-corrected chi connectivity index (χ0v) is 15.5. The van der Waals surface area contributed by atoms with Crippen LogP contribution in [0.15, 0.2) is 48.5 Å². The number of aromatic nitrogens is 2. The number of amides is 1. The Morgan fingerprint density at radius 2 is 1.89 bits per heavy atom. The van der Waals surface area contributed by atoms with Crippen LogP contribution in [0.1, 0.15) is 11.4 Å². The van der Waals surface area contributed by atoms with Crippen molar-refractivity contribution in [2.75, 3.05) is 33.3 Å². The second-order valence-corrected chi connectivity index (χ2v) is 6.89. The van der Waals surface area contributed by atoms with E-state index in [1.807, 2.05) is 53.4 Å². The molecule has 0 bridgehead atoms. The largest absolute Gasteiger partial charge is 0.497 e. The highest BCUT2D eigenvalue weighted by atomic mass is 16.5. The van der Waals surface area contributed by atoms with E-state index in [-0.39, 0.29) is 5.91 Å². The van der Waals surface area contributed by atoms with Crippen LogP contribution in [0.2, 0.25) is 0 Å². The number of benzene rings is 2. The van der Waals surface area contributed by atoms with Crippen LogP contribution >= 0.6 is 0 Å². The third-order valence-corrected chi connectivity index (χ3v) is 5.03. The number of aromatic amines is 1. The number of fused-ring (bicyclic) bond motifs is 1. The van der Waals surface area contributed by atoms with E-state index in [2.05, 4.69) is 14.9 Å². The first-order valence-electron chi connectivity index (χ1n) is 9.28. The van der Waals surface area contributed by atoms with Gasteiger partial charge >= 0.3 is 0 Å². The maximum Gasteiger partial charge on any atom is 0.227 e. The number of hydrogen-bond acceptors (Lipinski definition) is 4. The number of methoxy groups -OCH3 is 1. The van der Waals surface area contributed by atoms with Gasteiger partial charge < -0.3 is 14.6 Å². The van der Waals surface area contributed by atoms with Crippen LogP contribution in [0, 0.1) is 0 Å². The minimum atomic E-state index is 0.205. The van der Waals surface area contributed by atoms with Crippen molar-refractivity contribution in [2.24, 2.45) is 0 Å². The molecule has 1 aliphatic rings. The molecule has 1 fully saturated rings. The standard InChI is InChI=1S/C21H24N4O2/c1-27-17-7-8-18-19(14-17)23-20(22-18)15-24-9-11-25(12-10-24)21(26)13-16-5-3-2-4-6-16/h2-8,14H,9-13,15H2,1H3,(H,22,23). The third kappa shape index (κ3) is 4.11. The Kier molecular flexibility index (Phi) is 5.07. The van der Waals surface area contributed by atoms with E-state index in [9.17, 15) is 4.79 Å². The molecule has 0 unspecified atom stereocenters. The molecule has 6 nitrogen and oxygen atoms in total. The topological polar surface area (TPSA) is 61.5 Å². The summed E-state index contributed by atoms with van der Waals surface area (Å²) in [5.74, 6) is 1.97. The van der Waals surface area contributed by atoms with E-state index in [0.29, 0.717) is 6.42 Å². The summed E-state index contributed by atoms with van der Waals surface area (Å²) >= 11 is 0.